The Morgan fingerprint density at radius 1 is 0.875 bits per heavy atom. The summed E-state index contributed by atoms with van der Waals surface area (Å²) in [5.74, 6) is 0.382. The van der Waals surface area contributed by atoms with E-state index in [-0.39, 0.29) is 17.2 Å². The van der Waals surface area contributed by atoms with Crippen LogP contribution >= 0.6 is 0 Å². The SMILES string of the molecule is CCCOc1ccc(Nc2nc(Nc3ccc(C(C)(C)C)cc3)ncc2C(F)(F)F)cc1. The van der Waals surface area contributed by atoms with Crippen LogP contribution in [0, 0.1) is 0 Å². The second-order valence-electron chi connectivity index (χ2n) is 8.40. The molecule has 0 saturated carbocycles. The number of hydrogen-bond donors (Lipinski definition) is 2. The normalized spacial score (nSPS) is 11.8. The Bertz CT molecular complexity index is 1030. The first-order valence-corrected chi connectivity index (χ1v) is 10.4. The third kappa shape index (κ3) is 6.12. The first-order valence-electron chi connectivity index (χ1n) is 10.4. The Labute approximate surface area is 186 Å². The maximum absolute atomic E-state index is 13.5. The molecule has 0 spiro atoms. The van der Waals surface area contributed by atoms with Gasteiger partial charge in [0.2, 0.25) is 5.95 Å². The van der Waals surface area contributed by atoms with Gasteiger partial charge in [0.25, 0.3) is 0 Å². The summed E-state index contributed by atoms with van der Waals surface area (Å²) in [6.45, 7) is 8.88. The van der Waals surface area contributed by atoms with Gasteiger partial charge in [-0.1, -0.05) is 39.8 Å². The summed E-state index contributed by atoms with van der Waals surface area (Å²) in [5.41, 5.74) is 1.33. The molecule has 5 nitrogen and oxygen atoms in total. The maximum atomic E-state index is 13.5. The fourth-order valence-corrected chi connectivity index (χ4v) is 2.92. The average molecular weight is 445 g/mol. The standard InChI is InChI=1S/C24H27F3N4O/c1-5-14-32-19-12-10-17(11-13-19)29-21-20(24(25,26)27)15-28-22(31-21)30-18-8-6-16(7-9-18)23(2,3)4/h6-13,15H,5,14H2,1-4H3,(H2,28,29,30,31). The molecule has 0 aliphatic carbocycles. The smallest absolute Gasteiger partial charge is 0.421 e. The molecule has 1 heterocycles. The molecule has 0 aliphatic rings. The lowest BCUT2D eigenvalue weighted by molar-refractivity contribution is -0.137. The molecule has 0 bridgehead atoms. The molecule has 3 rings (SSSR count). The van der Waals surface area contributed by atoms with Crippen molar-refractivity contribution >= 4 is 23.1 Å². The molecule has 0 aliphatic heterocycles. The van der Waals surface area contributed by atoms with Crippen molar-refractivity contribution in [3.63, 3.8) is 0 Å². The molecule has 0 atom stereocenters. The fourth-order valence-electron chi connectivity index (χ4n) is 2.92. The van der Waals surface area contributed by atoms with Gasteiger partial charge in [-0.3, -0.25) is 0 Å². The number of nitrogens with one attached hydrogen (secondary N) is 2. The number of benzene rings is 2. The molecule has 0 radical (unpaired) electrons. The average Bonchev–Trinajstić information content (AvgIpc) is 2.72. The lowest BCUT2D eigenvalue weighted by atomic mass is 9.87. The highest BCUT2D eigenvalue weighted by atomic mass is 19.4. The van der Waals surface area contributed by atoms with Crippen molar-refractivity contribution in [3.8, 4) is 5.75 Å². The summed E-state index contributed by atoms with van der Waals surface area (Å²) in [5, 5.41) is 5.72. The van der Waals surface area contributed by atoms with Gasteiger partial charge in [-0.2, -0.15) is 18.2 Å². The van der Waals surface area contributed by atoms with Gasteiger partial charge in [-0.15, -0.1) is 0 Å². The lowest BCUT2D eigenvalue weighted by Crippen LogP contribution is -2.13. The molecule has 0 fully saturated rings. The molecule has 1 aromatic heterocycles. The number of halogens is 3. The molecule has 2 aromatic carbocycles. The first kappa shape index (κ1) is 23.4. The van der Waals surface area contributed by atoms with Crippen LogP contribution in [0.5, 0.6) is 5.75 Å². The van der Waals surface area contributed by atoms with E-state index in [1.54, 1.807) is 24.3 Å². The van der Waals surface area contributed by atoms with Gasteiger partial charge in [0, 0.05) is 17.6 Å². The van der Waals surface area contributed by atoms with Gasteiger partial charge in [0.05, 0.1) is 6.61 Å². The Morgan fingerprint density at radius 3 is 2.03 bits per heavy atom. The highest BCUT2D eigenvalue weighted by Crippen LogP contribution is 2.35. The van der Waals surface area contributed by atoms with Crippen LogP contribution in [0.15, 0.2) is 54.7 Å². The van der Waals surface area contributed by atoms with Crippen LogP contribution in [0.25, 0.3) is 0 Å². The van der Waals surface area contributed by atoms with E-state index in [4.69, 9.17) is 4.74 Å². The van der Waals surface area contributed by atoms with Crippen molar-refractivity contribution in [1.82, 2.24) is 9.97 Å². The highest BCUT2D eigenvalue weighted by molar-refractivity contribution is 5.63. The van der Waals surface area contributed by atoms with E-state index < -0.39 is 11.7 Å². The Kier molecular flexibility index (Phi) is 6.91. The number of rotatable bonds is 7. The minimum absolute atomic E-state index is 0.00238. The number of alkyl halides is 3. The molecule has 3 aromatic rings. The van der Waals surface area contributed by atoms with Gasteiger partial charge >= 0.3 is 6.18 Å². The Hall–Kier alpha value is -3.29. The maximum Gasteiger partial charge on any atom is 0.421 e. The Morgan fingerprint density at radius 2 is 1.47 bits per heavy atom. The summed E-state index contributed by atoms with van der Waals surface area (Å²) in [6, 6.07) is 14.3. The van der Waals surface area contributed by atoms with Crippen molar-refractivity contribution in [2.24, 2.45) is 0 Å². The largest absolute Gasteiger partial charge is 0.494 e. The Balaban J connectivity index is 1.83. The second kappa shape index (κ2) is 9.46. The predicted octanol–water partition coefficient (Wildman–Crippen LogP) is 7.07. The van der Waals surface area contributed by atoms with Crippen LogP contribution in [0.4, 0.5) is 36.3 Å². The summed E-state index contributed by atoms with van der Waals surface area (Å²) in [4.78, 5) is 7.95. The van der Waals surface area contributed by atoms with Crippen LogP contribution in [0.3, 0.4) is 0 Å². The van der Waals surface area contributed by atoms with E-state index in [0.29, 0.717) is 23.7 Å². The summed E-state index contributed by atoms with van der Waals surface area (Å²) < 4.78 is 46.0. The van der Waals surface area contributed by atoms with Crippen LogP contribution in [0.1, 0.15) is 45.2 Å². The quantitative estimate of drug-likeness (QED) is 0.408. The van der Waals surface area contributed by atoms with E-state index in [0.717, 1.165) is 18.2 Å². The first-order chi connectivity index (χ1) is 15.1. The van der Waals surface area contributed by atoms with Crippen molar-refractivity contribution in [1.29, 1.82) is 0 Å². The number of hydrogen-bond acceptors (Lipinski definition) is 5. The lowest BCUT2D eigenvalue weighted by Gasteiger charge is -2.19. The van der Waals surface area contributed by atoms with Crippen molar-refractivity contribution in [3.05, 3.63) is 65.9 Å². The van der Waals surface area contributed by atoms with Gasteiger partial charge in [0.1, 0.15) is 17.1 Å². The molecule has 0 amide bonds. The molecule has 0 unspecified atom stereocenters. The zero-order valence-corrected chi connectivity index (χ0v) is 18.5. The summed E-state index contributed by atoms with van der Waals surface area (Å²) in [7, 11) is 0. The number of nitrogens with zero attached hydrogens (tertiary/aromatic N) is 2. The minimum Gasteiger partial charge on any atom is -0.494 e. The summed E-state index contributed by atoms with van der Waals surface area (Å²) in [6.07, 6.45) is -2.95. The zero-order valence-electron chi connectivity index (χ0n) is 18.5. The van der Waals surface area contributed by atoms with Crippen molar-refractivity contribution < 1.29 is 17.9 Å². The third-order valence-corrected chi connectivity index (χ3v) is 4.69. The van der Waals surface area contributed by atoms with Crippen molar-refractivity contribution in [2.45, 2.75) is 45.7 Å². The topological polar surface area (TPSA) is 59.1 Å². The molecular formula is C24H27F3N4O. The van der Waals surface area contributed by atoms with E-state index in [2.05, 4.69) is 41.4 Å². The van der Waals surface area contributed by atoms with Gasteiger partial charge < -0.3 is 15.4 Å². The van der Waals surface area contributed by atoms with Gasteiger partial charge in [-0.25, -0.2) is 4.98 Å². The minimum atomic E-state index is -4.60. The van der Waals surface area contributed by atoms with Crippen LogP contribution in [0.2, 0.25) is 0 Å². The molecule has 8 heteroatoms. The van der Waals surface area contributed by atoms with E-state index >= 15 is 0 Å². The number of anilines is 4. The monoisotopic (exact) mass is 444 g/mol. The van der Waals surface area contributed by atoms with Gasteiger partial charge in [-0.05, 0) is 53.8 Å². The van der Waals surface area contributed by atoms with E-state index in [9.17, 15) is 13.2 Å². The molecule has 0 saturated heterocycles. The zero-order chi connectivity index (χ0) is 23.4. The molecule has 32 heavy (non-hydrogen) atoms. The molecule has 170 valence electrons. The van der Waals surface area contributed by atoms with Gasteiger partial charge in [0.15, 0.2) is 0 Å². The van der Waals surface area contributed by atoms with E-state index in [1.165, 1.54) is 0 Å². The second-order valence-corrected chi connectivity index (χ2v) is 8.40. The highest BCUT2D eigenvalue weighted by Gasteiger charge is 2.35. The number of aromatic nitrogens is 2. The van der Waals surface area contributed by atoms with Crippen LogP contribution < -0.4 is 15.4 Å². The van der Waals surface area contributed by atoms with Crippen molar-refractivity contribution in [2.75, 3.05) is 17.2 Å². The summed E-state index contributed by atoms with van der Waals surface area (Å²) >= 11 is 0. The van der Waals surface area contributed by atoms with Crippen LogP contribution in [-0.2, 0) is 11.6 Å². The molecule has 2 N–H and O–H groups in total. The predicted molar refractivity (Wildman–Crippen MR) is 121 cm³/mol. The number of ether oxygens (including phenoxy) is 1. The molecular weight excluding hydrogens is 417 g/mol. The van der Waals surface area contributed by atoms with Crippen LogP contribution in [-0.4, -0.2) is 16.6 Å². The fraction of sp³-hybridized carbons (Fsp3) is 0.333. The third-order valence-electron chi connectivity index (χ3n) is 4.69. The van der Waals surface area contributed by atoms with E-state index in [1.807, 2.05) is 31.2 Å².